The van der Waals surface area contributed by atoms with Crippen molar-refractivity contribution in [3.05, 3.63) is 34.2 Å². The summed E-state index contributed by atoms with van der Waals surface area (Å²) in [5.41, 5.74) is 0.145. The first-order valence-electron chi connectivity index (χ1n) is 5.95. The summed E-state index contributed by atoms with van der Waals surface area (Å²) < 4.78 is 38.7. The van der Waals surface area contributed by atoms with E-state index in [1.165, 1.54) is 31.6 Å². The Labute approximate surface area is 126 Å². The molecule has 0 unspecified atom stereocenters. The molecule has 0 aliphatic carbocycles. The van der Waals surface area contributed by atoms with Crippen molar-refractivity contribution in [1.82, 2.24) is 4.31 Å². The van der Waals surface area contributed by atoms with Crippen LogP contribution in [-0.2, 0) is 24.5 Å². The molecule has 0 saturated carbocycles. The van der Waals surface area contributed by atoms with Gasteiger partial charge in [0.05, 0.1) is 30.9 Å². The second-order valence-electron chi connectivity index (χ2n) is 4.02. The Kier molecular flexibility index (Phi) is 4.76. The summed E-state index contributed by atoms with van der Waals surface area (Å²) in [5, 5.41) is 1.80. The summed E-state index contributed by atoms with van der Waals surface area (Å²) in [7, 11) is -1.36. The average molecular weight is 330 g/mol. The third-order valence-electron chi connectivity index (χ3n) is 2.70. The topological polar surface area (TPSA) is 85.3 Å². The van der Waals surface area contributed by atoms with E-state index in [9.17, 15) is 13.2 Å². The first kappa shape index (κ1) is 15.7. The zero-order valence-corrected chi connectivity index (χ0v) is 13.1. The molecule has 0 N–H and O–H groups in total. The van der Waals surface area contributed by atoms with Crippen molar-refractivity contribution in [2.45, 2.75) is 0 Å². The van der Waals surface area contributed by atoms with Crippen molar-refractivity contribution in [2.75, 3.05) is 27.4 Å². The van der Waals surface area contributed by atoms with Gasteiger partial charge in [0.1, 0.15) is 5.70 Å². The Bertz CT molecular complexity index is 677. The SMILES string of the molecule is COCCN1C(C(=O)OC)=CC(c2cccs2)=NS1(=O)=O. The zero-order chi connectivity index (χ0) is 15.5. The number of ether oxygens (including phenoxy) is 2. The van der Waals surface area contributed by atoms with Crippen LogP contribution in [0, 0.1) is 0 Å². The van der Waals surface area contributed by atoms with Gasteiger partial charge >= 0.3 is 16.2 Å². The highest BCUT2D eigenvalue weighted by atomic mass is 32.2. The van der Waals surface area contributed by atoms with E-state index < -0.39 is 16.2 Å². The van der Waals surface area contributed by atoms with Crippen molar-refractivity contribution in [2.24, 2.45) is 4.40 Å². The van der Waals surface area contributed by atoms with Gasteiger partial charge < -0.3 is 9.47 Å². The van der Waals surface area contributed by atoms with Crippen LogP contribution in [0.1, 0.15) is 4.88 Å². The molecule has 7 nitrogen and oxygen atoms in total. The number of thiophene rings is 1. The van der Waals surface area contributed by atoms with Gasteiger partial charge in [0.2, 0.25) is 0 Å². The van der Waals surface area contributed by atoms with Gasteiger partial charge in [0.25, 0.3) is 0 Å². The van der Waals surface area contributed by atoms with Crippen LogP contribution < -0.4 is 0 Å². The molecule has 1 aliphatic heterocycles. The van der Waals surface area contributed by atoms with Gasteiger partial charge in [0.15, 0.2) is 0 Å². The second-order valence-corrected chi connectivity index (χ2v) is 6.48. The highest BCUT2D eigenvalue weighted by Gasteiger charge is 2.33. The van der Waals surface area contributed by atoms with Gasteiger partial charge in [-0.3, -0.25) is 0 Å². The number of methoxy groups -OCH3 is 2. The molecule has 114 valence electrons. The minimum atomic E-state index is -4.00. The highest BCUT2D eigenvalue weighted by molar-refractivity contribution is 7.88. The fourth-order valence-electron chi connectivity index (χ4n) is 1.74. The maximum atomic E-state index is 12.3. The van der Waals surface area contributed by atoms with Crippen LogP contribution in [0.3, 0.4) is 0 Å². The number of carbonyl (C=O) groups excluding carboxylic acids is 1. The van der Waals surface area contributed by atoms with Crippen LogP contribution in [0.15, 0.2) is 33.7 Å². The zero-order valence-electron chi connectivity index (χ0n) is 11.5. The second kappa shape index (κ2) is 6.37. The van der Waals surface area contributed by atoms with Crippen LogP contribution in [0.2, 0.25) is 0 Å². The fraction of sp³-hybridized carbons (Fsp3) is 0.333. The van der Waals surface area contributed by atoms with Crippen LogP contribution in [0.4, 0.5) is 0 Å². The van der Waals surface area contributed by atoms with Crippen LogP contribution in [0.25, 0.3) is 0 Å². The lowest BCUT2D eigenvalue weighted by atomic mass is 10.2. The van der Waals surface area contributed by atoms with Crippen molar-refractivity contribution in [1.29, 1.82) is 0 Å². The van der Waals surface area contributed by atoms with E-state index in [0.717, 1.165) is 4.31 Å². The van der Waals surface area contributed by atoms with E-state index in [2.05, 4.69) is 9.13 Å². The van der Waals surface area contributed by atoms with E-state index in [0.29, 0.717) is 4.88 Å². The maximum Gasteiger partial charge on any atom is 0.355 e. The van der Waals surface area contributed by atoms with Gasteiger partial charge in [-0.25, -0.2) is 9.10 Å². The first-order valence-corrected chi connectivity index (χ1v) is 8.22. The Balaban J connectivity index is 2.47. The van der Waals surface area contributed by atoms with Crippen LogP contribution >= 0.6 is 11.3 Å². The van der Waals surface area contributed by atoms with Gasteiger partial charge in [-0.2, -0.15) is 8.42 Å². The lowest BCUT2D eigenvalue weighted by molar-refractivity contribution is -0.137. The largest absolute Gasteiger partial charge is 0.464 e. The van der Waals surface area contributed by atoms with Gasteiger partial charge in [-0.15, -0.1) is 15.7 Å². The molecule has 9 heteroatoms. The summed E-state index contributed by atoms with van der Waals surface area (Å²) in [5.74, 6) is -0.737. The predicted molar refractivity (Wildman–Crippen MR) is 78.5 cm³/mol. The normalized spacial score (nSPS) is 17.1. The summed E-state index contributed by atoms with van der Waals surface area (Å²) in [6.07, 6.45) is 1.41. The molecule has 0 saturated heterocycles. The van der Waals surface area contributed by atoms with Crippen LogP contribution in [-0.4, -0.2) is 51.8 Å². The van der Waals surface area contributed by atoms with Crippen LogP contribution in [0.5, 0.6) is 0 Å². The molecule has 1 aromatic heterocycles. The minimum absolute atomic E-state index is 0.0129. The third-order valence-corrected chi connectivity index (χ3v) is 4.96. The molecule has 1 aliphatic rings. The van der Waals surface area contributed by atoms with Crippen molar-refractivity contribution < 1.29 is 22.7 Å². The lowest BCUT2D eigenvalue weighted by Crippen LogP contribution is -2.38. The quantitative estimate of drug-likeness (QED) is 0.746. The van der Waals surface area contributed by atoms with Crippen molar-refractivity contribution in [3.8, 4) is 0 Å². The fourth-order valence-corrected chi connectivity index (χ4v) is 3.66. The van der Waals surface area contributed by atoms with E-state index in [4.69, 9.17) is 4.74 Å². The number of esters is 1. The molecule has 0 atom stereocenters. The molecule has 2 rings (SSSR count). The molecular formula is C12H14N2O5S2. The number of carbonyl (C=O) groups is 1. The summed E-state index contributed by atoms with van der Waals surface area (Å²) in [6.45, 7) is 0.123. The number of allylic oxidation sites excluding steroid dienone is 1. The summed E-state index contributed by atoms with van der Waals surface area (Å²) in [4.78, 5) is 12.5. The Morgan fingerprint density at radius 3 is 2.76 bits per heavy atom. The molecule has 0 spiro atoms. The Hall–Kier alpha value is -1.71. The lowest BCUT2D eigenvalue weighted by Gasteiger charge is -2.25. The summed E-state index contributed by atoms with van der Waals surface area (Å²) in [6, 6.07) is 3.51. The number of hydrogen-bond acceptors (Lipinski definition) is 6. The van der Waals surface area contributed by atoms with E-state index in [1.54, 1.807) is 17.5 Å². The monoisotopic (exact) mass is 330 g/mol. The molecule has 1 aromatic rings. The molecular weight excluding hydrogens is 316 g/mol. The van der Waals surface area contributed by atoms with Gasteiger partial charge in [-0.05, 0) is 17.5 Å². The molecule has 0 radical (unpaired) electrons. The summed E-state index contributed by atoms with van der Waals surface area (Å²) >= 11 is 1.34. The third kappa shape index (κ3) is 3.31. The van der Waals surface area contributed by atoms with Crippen molar-refractivity contribution in [3.63, 3.8) is 0 Å². The number of nitrogens with zero attached hydrogens (tertiary/aromatic N) is 2. The van der Waals surface area contributed by atoms with Gasteiger partial charge in [0, 0.05) is 7.11 Å². The Morgan fingerprint density at radius 2 is 2.19 bits per heavy atom. The number of rotatable bonds is 5. The molecule has 2 heterocycles. The maximum absolute atomic E-state index is 12.3. The number of hydrogen-bond donors (Lipinski definition) is 0. The molecule has 0 aromatic carbocycles. The first-order chi connectivity index (χ1) is 9.99. The predicted octanol–water partition coefficient (Wildman–Crippen LogP) is 0.801. The smallest absolute Gasteiger partial charge is 0.355 e. The van der Waals surface area contributed by atoms with Gasteiger partial charge in [-0.1, -0.05) is 6.07 Å². The van der Waals surface area contributed by atoms with E-state index in [-0.39, 0.29) is 24.6 Å². The highest BCUT2D eigenvalue weighted by Crippen LogP contribution is 2.23. The van der Waals surface area contributed by atoms with E-state index in [1.807, 2.05) is 0 Å². The molecule has 0 fully saturated rings. The van der Waals surface area contributed by atoms with Crippen molar-refractivity contribution >= 4 is 33.2 Å². The average Bonchev–Trinajstić information content (AvgIpc) is 2.98. The standard InChI is InChI=1S/C12H14N2O5S2/c1-18-6-5-14-10(12(15)19-2)8-9(13-21(14,16)17)11-4-3-7-20-11/h3-4,7-8H,5-6H2,1-2H3. The molecule has 0 amide bonds. The molecule has 0 bridgehead atoms. The molecule has 21 heavy (non-hydrogen) atoms. The minimum Gasteiger partial charge on any atom is -0.464 e. The van der Waals surface area contributed by atoms with E-state index >= 15 is 0 Å². The Morgan fingerprint density at radius 1 is 1.43 bits per heavy atom.